The fourth-order valence-corrected chi connectivity index (χ4v) is 1.96. The van der Waals surface area contributed by atoms with Gasteiger partial charge in [-0.1, -0.05) is 24.3 Å². The summed E-state index contributed by atoms with van der Waals surface area (Å²) in [5, 5.41) is 0. The zero-order valence-corrected chi connectivity index (χ0v) is 11.7. The van der Waals surface area contributed by atoms with E-state index in [9.17, 15) is 0 Å². The molecule has 0 bridgehead atoms. The SMILES string of the molecule is COc1cccc(C(CN)Oc2ccccc2OC)c1. The largest absolute Gasteiger partial charge is 0.497 e. The van der Waals surface area contributed by atoms with E-state index in [0.29, 0.717) is 18.0 Å². The Kier molecular flexibility index (Phi) is 4.85. The molecule has 0 fully saturated rings. The second-order valence-electron chi connectivity index (χ2n) is 4.27. The monoisotopic (exact) mass is 273 g/mol. The van der Waals surface area contributed by atoms with E-state index in [0.717, 1.165) is 11.3 Å². The molecule has 2 N–H and O–H groups in total. The lowest BCUT2D eigenvalue weighted by Crippen LogP contribution is -2.18. The molecule has 2 aromatic rings. The van der Waals surface area contributed by atoms with E-state index in [-0.39, 0.29) is 6.10 Å². The molecule has 0 heterocycles. The Morgan fingerprint density at radius 1 is 0.950 bits per heavy atom. The Morgan fingerprint density at radius 2 is 1.70 bits per heavy atom. The van der Waals surface area contributed by atoms with Crippen molar-refractivity contribution in [2.45, 2.75) is 6.10 Å². The minimum atomic E-state index is -0.249. The Hall–Kier alpha value is -2.20. The zero-order chi connectivity index (χ0) is 14.4. The third-order valence-electron chi connectivity index (χ3n) is 3.02. The van der Waals surface area contributed by atoms with Crippen LogP contribution in [-0.4, -0.2) is 20.8 Å². The standard InChI is InChI=1S/C16H19NO3/c1-18-13-7-5-6-12(10-13)16(11-17)20-15-9-4-3-8-14(15)19-2/h3-10,16H,11,17H2,1-2H3. The molecule has 4 heteroatoms. The molecule has 2 aromatic carbocycles. The summed E-state index contributed by atoms with van der Waals surface area (Å²) >= 11 is 0. The first-order chi connectivity index (χ1) is 9.78. The number of para-hydroxylation sites is 2. The van der Waals surface area contributed by atoms with Gasteiger partial charge in [-0.15, -0.1) is 0 Å². The summed E-state index contributed by atoms with van der Waals surface area (Å²) in [5.74, 6) is 2.15. The summed E-state index contributed by atoms with van der Waals surface area (Å²) in [5.41, 5.74) is 6.80. The maximum atomic E-state index is 5.97. The van der Waals surface area contributed by atoms with Crippen LogP contribution in [0.3, 0.4) is 0 Å². The second kappa shape index (κ2) is 6.82. The molecule has 0 aliphatic rings. The summed E-state index contributed by atoms with van der Waals surface area (Å²) in [6, 6.07) is 15.2. The second-order valence-corrected chi connectivity index (χ2v) is 4.27. The third kappa shape index (κ3) is 3.22. The lowest BCUT2D eigenvalue weighted by molar-refractivity contribution is 0.204. The first-order valence-electron chi connectivity index (χ1n) is 6.42. The van der Waals surface area contributed by atoms with E-state index in [2.05, 4.69) is 0 Å². The minimum absolute atomic E-state index is 0.249. The Labute approximate surface area is 119 Å². The highest BCUT2D eigenvalue weighted by atomic mass is 16.5. The molecule has 0 saturated carbocycles. The predicted octanol–water partition coefficient (Wildman–Crippen LogP) is 2.78. The average molecular weight is 273 g/mol. The van der Waals surface area contributed by atoms with Crippen molar-refractivity contribution in [1.29, 1.82) is 0 Å². The summed E-state index contributed by atoms with van der Waals surface area (Å²) in [4.78, 5) is 0. The molecule has 2 rings (SSSR count). The fourth-order valence-electron chi connectivity index (χ4n) is 1.96. The molecule has 1 atom stereocenters. The summed E-state index contributed by atoms with van der Waals surface area (Å²) in [6.07, 6.45) is -0.249. The highest BCUT2D eigenvalue weighted by molar-refractivity contribution is 5.40. The number of hydrogen-bond donors (Lipinski definition) is 1. The summed E-state index contributed by atoms with van der Waals surface area (Å²) in [6.45, 7) is 0.366. The fraction of sp³-hybridized carbons (Fsp3) is 0.250. The zero-order valence-electron chi connectivity index (χ0n) is 11.7. The lowest BCUT2D eigenvalue weighted by Gasteiger charge is -2.19. The minimum Gasteiger partial charge on any atom is -0.497 e. The smallest absolute Gasteiger partial charge is 0.162 e. The number of hydrogen-bond acceptors (Lipinski definition) is 4. The van der Waals surface area contributed by atoms with E-state index < -0.39 is 0 Å². The molecule has 1 unspecified atom stereocenters. The van der Waals surface area contributed by atoms with Crippen LogP contribution in [0.2, 0.25) is 0 Å². The van der Waals surface area contributed by atoms with Gasteiger partial charge in [0.05, 0.1) is 14.2 Å². The quantitative estimate of drug-likeness (QED) is 0.879. The van der Waals surface area contributed by atoms with E-state index in [1.54, 1.807) is 14.2 Å². The average Bonchev–Trinajstić information content (AvgIpc) is 2.53. The lowest BCUT2D eigenvalue weighted by atomic mass is 10.1. The first kappa shape index (κ1) is 14.2. The van der Waals surface area contributed by atoms with Gasteiger partial charge in [0.2, 0.25) is 0 Å². The van der Waals surface area contributed by atoms with Crippen molar-refractivity contribution in [3.8, 4) is 17.2 Å². The van der Waals surface area contributed by atoms with E-state index in [4.69, 9.17) is 19.9 Å². The maximum absolute atomic E-state index is 5.97. The van der Waals surface area contributed by atoms with Crippen LogP contribution in [0, 0.1) is 0 Å². The van der Waals surface area contributed by atoms with Crippen LogP contribution < -0.4 is 19.9 Å². The highest BCUT2D eigenvalue weighted by Crippen LogP contribution is 2.31. The van der Waals surface area contributed by atoms with E-state index >= 15 is 0 Å². The molecule has 20 heavy (non-hydrogen) atoms. The molecule has 0 amide bonds. The van der Waals surface area contributed by atoms with Crippen molar-refractivity contribution in [2.75, 3.05) is 20.8 Å². The van der Waals surface area contributed by atoms with Crippen LogP contribution in [0.5, 0.6) is 17.2 Å². The van der Waals surface area contributed by atoms with E-state index in [1.807, 2.05) is 48.5 Å². The van der Waals surface area contributed by atoms with Gasteiger partial charge >= 0.3 is 0 Å². The summed E-state index contributed by atoms with van der Waals surface area (Å²) in [7, 11) is 3.25. The van der Waals surface area contributed by atoms with Crippen molar-refractivity contribution < 1.29 is 14.2 Å². The van der Waals surface area contributed by atoms with Crippen LogP contribution >= 0.6 is 0 Å². The van der Waals surface area contributed by atoms with Gasteiger partial charge in [0.1, 0.15) is 11.9 Å². The molecule has 0 aliphatic carbocycles. The number of ether oxygens (including phenoxy) is 3. The molecule has 0 radical (unpaired) electrons. The van der Waals surface area contributed by atoms with Gasteiger partial charge in [0.15, 0.2) is 11.5 Å². The Bertz CT molecular complexity index is 557. The van der Waals surface area contributed by atoms with Crippen LogP contribution in [0.1, 0.15) is 11.7 Å². The molecule has 0 aliphatic heterocycles. The van der Waals surface area contributed by atoms with Crippen molar-refractivity contribution in [1.82, 2.24) is 0 Å². The van der Waals surface area contributed by atoms with Gasteiger partial charge in [0, 0.05) is 6.54 Å². The topological polar surface area (TPSA) is 53.7 Å². The van der Waals surface area contributed by atoms with Crippen molar-refractivity contribution >= 4 is 0 Å². The van der Waals surface area contributed by atoms with Crippen molar-refractivity contribution in [3.05, 3.63) is 54.1 Å². The van der Waals surface area contributed by atoms with Crippen LogP contribution in [0.4, 0.5) is 0 Å². The van der Waals surface area contributed by atoms with Crippen molar-refractivity contribution in [2.24, 2.45) is 5.73 Å². The molecule has 4 nitrogen and oxygen atoms in total. The van der Waals surface area contributed by atoms with Gasteiger partial charge in [0.25, 0.3) is 0 Å². The number of methoxy groups -OCH3 is 2. The van der Waals surface area contributed by atoms with Gasteiger partial charge in [-0.05, 0) is 29.8 Å². The number of benzene rings is 2. The molecule has 0 aromatic heterocycles. The van der Waals surface area contributed by atoms with Gasteiger partial charge in [-0.3, -0.25) is 0 Å². The predicted molar refractivity (Wildman–Crippen MR) is 78.4 cm³/mol. The molecule has 0 spiro atoms. The molecular weight excluding hydrogens is 254 g/mol. The maximum Gasteiger partial charge on any atom is 0.162 e. The molecular formula is C16H19NO3. The highest BCUT2D eigenvalue weighted by Gasteiger charge is 2.14. The third-order valence-corrected chi connectivity index (χ3v) is 3.02. The van der Waals surface area contributed by atoms with Crippen LogP contribution in [0.15, 0.2) is 48.5 Å². The molecule has 106 valence electrons. The normalized spacial score (nSPS) is 11.8. The Morgan fingerprint density at radius 3 is 2.35 bits per heavy atom. The van der Waals surface area contributed by atoms with Crippen LogP contribution in [-0.2, 0) is 0 Å². The Balaban J connectivity index is 2.24. The van der Waals surface area contributed by atoms with Crippen LogP contribution in [0.25, 0.3) is 0 Å². The van der Waals surface area contributed by atoms with E-state index in [1.165, 1.54) is 0 Å². The molecule has 0 saturated heterocycles. The first-order valence-corrected chi connectivity index (χ1v) is 6.42. The summed E-state index contributed by atoms with van der Waals surface area (Å²) < 4.78 is 16.5. The van der Waals surface area contributed by atoms with Gasteiger partial charge < -0.3 is 19.9 Å². The number of rotatable bonds is 6. The number of nitrogens with two attached hydrogens (primary N) is 1. The van der Waals surface area contributed by atoms with Gasteiger partial charge in [-0.25, -0.2) is 0 Å². The van der Waals surface area contributed by atoms with Crippen molar-refractivity contribution in [3.63, 3.8) is 0 Å². The van der Waals surface area contributed by atoms with Gasteiger partial charge in [-0.2, -0.15) is 0 Å².